The zero-order chi connectivity index (χ0) is 12.9. The number of ether oxygens (including phenoxy) is 1. The van der Waals surface area contributed by atoms with E-state index in [-0.39, 0.29) is 11.7 Å². The molecule has 0 spiro atoms. The minimum absolute atomic E-state index is 0.0793. The SMILES string of the molecule is CC(COCc1cccc(Cl)c1)CS(=O)(=O)Cl. The van der Waals surface area contributed by atoms with Crippen molar-refractivity contribution in [2.45, 2.75) is 13.5 Å². The largest absolute Gasteiger partial charge is 0.376 e. The van der Waals surface area contributed by atoms with Crippen LogP contribution in [0.5, 0.6) is 0 Å². The Hall–Kier alpha value is -0.290. The van der Waals surface area contributed by atoms with E-state index in [1.807, 2.05) is 18.2 Å². The van der Waals surface area contributed by atoms with Crippen LogP contribution in [0.2, 0.25) is 5.02 Å². The molecule has 0 aromatic heterocycles. The van der Waals surface area contributed by atoms with E-state index in [1.54, 1.807) is 13.0 Å². The van der Waals surface area contributed by atoms with Gasteiger partial charge in [0.25, 0.3) is 0 Å². The maximum Gasteiger partial charge on any atom is 0.232 e. The maximum atomic E-state index is 10.8. The van der Waals surface area contributed by atoms with Gasteiger partial charge in [-0.05, 0) is 23.6 Å². The molecule has 6 heteroatoms. The summed E-state index contributed by atoms with van der Waals surface area (Å²) in [7, 11) is 1.69. The summed E-state index contributed by atoms with van der Waals surface area (Å²) in [5.41, 5.74) is 0.957. The summed E-state index contributed by atoms with van der Waals surface area (Å²) in [5.74, 6) is -0.207. The molecule has 0 heterocycles. The molecular formula is C11H14Cl2O3S. The van der Waals surface area contributed by atoms with Gasteiger partial charge < -0.3 is 4.74 Å². The van der Waals surface area contributed by atoms with E-state index in [1.165, 1.54) is 0 Å². The van der Waals surface area contributed by atoms with E-state index in [2.05, 4.69) is 0 Å². The Morgan fingerprint density at radius 3 is 2.71 bits per heavy atom. The van der Waals surface area contributed by atoms with Gasteiger partial charge >= 0.3 is 0 Å². The molecule has 0 fully saturated rings. The van der Waals surface area contributed by atoms with Crippen molar-refractivity contribution < 1.29 is 13.2 Å². The first-order chi connectivity index (χ1) is 7.87. The van der Waals surface area contributed by atoms with Gasteiger partial charge in [0.2, 0.25) is 9.05 Å². The van der Waals surface area contributed by atoms with Crippen LogP contribution in [0.1, 0.15) is 12.5 Å². The van der Waals surface area contributed by atoms with Gasteiger partial charge in [0.1, 0.15) is 0 Å². The molecule has 96 valence electrons. The Morgan fingerprint density at radius 2 is 2.12 bits per heavy atom. The van der Waals surface area contributed by atoms with Crippen LogP contribution in [0, 0.1) is 5.92 Å². The quantitative estimate of drug-likeness (QED) is 0.758. The molecule has 0 N–H and O–H groups in total. The van der Waals surface area contributed by atoms with Crippen LogP contribution < -0.4 is 0 Å². The van der Waals surface area contributed by atoms with Gasteiger partial charge in [-0.1, -0.05) is 30.7 Å². The zero-order valence-electron chi connectivity index (χ0n) is 9.40. The van der Waals surface area contributed by atoms with Gasteiger partial charge in [-0.2, -0.15) is 0 Å². The topological polar surface area (TPSA) is 43.4 Å². The van der Waals surface area contributed by atoms with E-state index >= 15 is 0 Å². The molecule has 0 saturated heterocycles. The van der Waals surface area contributed by atoms with Gasteiger partial charge in [0.05, 0.1) is 19.0 Å². The van der Waals surface area contributed by atoms with Gasteiger partial charge in [0.15, 0.2) is 0 Å². The molecule has 3 nitrogen and oxygen atoms in total. The van der Waals surface area contributed by atoms with Crippen LogP contribution in [0.4, 0.5) is 0 Å². The second kappa shape index (κ2) is 6.59. The van der Waals surface area contributed by atoms with E-state index in [9.17, 15) is 8.42 Å². The van der Waals surface area contributed by atoms with E-state index < -0.39 is 9.05 Å². The van der Waals surface area contributed by atoms with Gasteiger partial charge in [0, 0.05) is 15.7 Å². The second-order valence-electron chi connectivity index (χ2n) is 3.96. The lowest BCUT2D eigenvalue weighted by Crippen LogP contribution is -2.14. The van der Waals surface area contributed by atoms with Crippen molar-refractivity contribution in [2.24, 2.45) is 5.92 Å². The van der Waals surface area contributed by atoms with Crippen molar-refractivity contribution in [3.8, 4) is 0 Å². The molecule has 0 saturated carbocycles. The standard InChI is InChI=1S/C11H14Cl2O3S/c1-9(8-17(13,14)15)6-16-7-10-3-2-4-11(12)5-10/h2-5,9H,6-8H2,1H3. The first kappa shape index (κ1) is 14.8. The average molecular weight is 297 g/mol. The van der Waals surface area contributed by atoms with Crippen LogP contribution in [0.3, 0.4) is 0 Å². The molecule has 0 aliphatic heterocycles. The number of hydrogen-bond donors (Lipinski definition) is 0. The second-order valence-corrected chi connectivity index (χ2v) is 7.21. The van der Waals surface area contributed by atoms with Crippen molar-refractivity contribution in [1.29, 1.82) is 0 Å². The number of rotatable bonds is 6. The summed E-state index contributed by atoms with van der Waals surface area (Å²) in [6, 6.07) is 7.33. The molecule has 1 aromatic rings. The molecule has 0 aliphatic carbocycles. The van der Waals surface area contributed by atoms with Gasteiger partial charge in [-0.25, -0.2) is 8.42 Å². The Kier molecular flexibility index (Phi) is 5.73. The maximum absolute atomic E-state index is 10.8. The van der Waals surface area contributed by atoms with Crippen molar-refractivity contribution in [3.05, 3.63) is 34.9 Å². The van der Waals surface area contributed by atoms with Crippen LogP contribution in [0.25, 0.3) is 0 Å². The Balaban J connectivity index is 2.33. The van der Waals surface area contributed by atoms with Crippen molar-refractivity contribution in [2.75, 3.05) is 12.4 Å². The summed E-state index contributed by atoms with van der Waals surface area (Å²) in [4.78, 5) is 0. The molecule has 0 bridgehead atoms. The third kappa shape index (κ3) is 6.88. The highest BCUT2D eigenvalue weighted by Crippen LogP contribution is 2.12. The zero-order valence-corrected chi connectivity index (χ0v) is 11.7. The summed E-state index contributed by atoms with van der Waals surface area (Å²) >= 11 is 5.82. The summed E-state index contributed by atoms with van der Waals surface area (Å²) in [6.45, 7) is 2.53. The summed E-state index contributed by atoms with van der Waals surface area (Å²) in [6.07, 6.45) is 0. The molecule has 0 radical (unpaired) electrons. The van der Waals surface area contributed by atoms with Crippen LogP contribution >= 0.6 is 22.3 Å². The van der Waals surface area contributed by atoms with Crippen molar-refractivity contribution in [1.82, 2.24) is 0 Å². The Labute approximate surface area is 111 Å². The normalized spacial score (nSPS) is 13.6. The predicted octanol–water partition coefficient (Wildman–Crippen LogP) is 3.06. The fraction of sp³-hybridized carbons (Fsp3) is 0.455. The lowest BCUT2D eigenvalue weighted by molar-refractivity contribution is 0.0979. The molecule has 1 rings (SSSR count). The number of hydrogen-bond acceptors (Lipinski definition) is 3. The number of halogens is 2. The Morgan fingerprint density at radius 1 is 1.41 bits per heavy atom. The summed E-state index contributed by atoms with van der Waals surface area (Å²) in [5, 5.41) is 0.655. The molecular weight excluding hydrogens is 283 g/mol. The highest BCUT2D eigenvalue weighted by atomic mass is 35.7. The average Bonchev–Trinajstić information content (AvgIpc) is 2.14. The van der Waals surface area contributed by atoms with E-state index in [0.717, 1.165) is 5.56 Å². The monoisotopic (exact) mass is 296 g/mol. The first-order valence-electron chi connectivity index (χ1n) is 5.11. The molecule has 0 aliphatic rings. The minimum atomic E-state index is -3.45. The third-order valence-electron chi connectivity index (χ3n) is 2.04. The molecule has 1 atom stereocenters. The van der Waals surface area contributed by atoms with Gasteiger partial charge in [-0.3, -0.25) is 0 Å². The first-order valence-corrected chi connectivity index (χ1v) is 7.97. The smallest absolute Gasteiger partial charge is 0.232 e. The number of benzene rings is 1. The van der Waals surface area contributed by atoms with Crippen molar-refractivity contribution in [3.63, 3.8) is 0 Å². The lowest BCUT2D eigenvalue weighted by Gasteiger charge is -2.10. The van der Waals surface area contributed by atoms with Crippen LogP contribution in [0.15, 0.2) is 24.3 Å². The van der Waals surface area contributed by atoms with E-state index in [0.29, 0.717) is 18.2 Å². The van der Waals surface area contributed by atoms with E-state index in [4.69, 9.17) is 27.0 Å². The van der Waals surface area contributed by atoms with Crippen LogP contribution in [-0.2, 0) is 20.4 Å². The fourth-order valence-electron chi connectivity index (χ4n) is 1.39. The molecule has 17 heavy (non-hydrogen) atoms. The molecule has 1 aromatic carbocycles. The highest BCUT2D eigenvalue weighted by Gasteiger charge is 2.12. The fourth-order valence-corrected chi connectivity index (χ4v) is 3.03. The molecule has 1 unspecified atom stereocenters. The minimum Gasteiger partial charge on any atom is -0.376 e. The van der Waals surface area contributed by atoms with Crippen molar-refractivity contribution >= 4 is 31.3 Å². The highest BCUT2D eigenvalue weighted by molar-refractivity contribution is 8.13. The van der Waals surface area contributed by atoms with Gasteiger partial charge in [-0.15, -0.1) is 0 Å². The lowest BCUT2D eigenvalue weighted by atomic mass is 10.2. The third-order valence-corrected chi connectivity index (χ3v) is 3.62. The molecule has 0 amide bonds. The predicted molar refractivity (Wildman–Crippen MR) is 69.9 cm³/mol. The summed E-state index contributed by atoms with van der Waals surface area (Å²) < 4.78 is 27.0. The van der Waals surface area contributed by atoms with Crippen LogP contribution in [-0.4, -0.2) is 20.8 Å². The Bertz CT molecular complexity index is 460.